The topological polar surface area (TPSA) is 50.7 Å². The first kappa shape index (κ1) is 16.6. The molecular weight excluding hydrogens is 239 g/mol. The highest BCUT2D eigenvalue weighted by Crippen LogP contribution is 2.11. The van der Waals surface area contributed by atoms with E-state index in [4.69, 9.17) is 9.47 Å². The van der Waals surface area contributed by atoms with Crippen molar-refractivity contribution >= 4 is 0 Å². The van der Waals surface area contributed by atoms with Gasteiger partial charge in [-0.3, -0.25) is 0 Å². The van der Waals surface area contributed by atoms with E-state index in [2.05, 4.69) is 5.32 Å². The number of hydrogen-bond acceptors (Lipinski definition) is 4. The van der Waals surface area contributed by atoms with Gasteiger partial charge in [0.2, 0.25) is 0 Å². The summed E-state index contributed by atoms with van der Waals surface area (Å²) in [5, 5.41) is 11.4. The standard InChI is InChI=1S/C10H20F3NO3/c1-8(2)17-4-3-16-6-9(15)5-14-7-10(11,12)13/h8-9,14-15H,3-7H2,1-2H3. The van der Waals surface area contributed by atoms with E-state index in [0.717, 1.165) is 0 Å². The zero-order chi connectivity index (χ0) is 13.3. The van der Waals surface area contributed by atoms with Crippen molar-refractivity contribution in [3.63, 3.8) is 0 Å². The summed E-state index contributed by atoms with van der Waals surface area (Å²) >= 11 is 0. The molecule has 0 saturated heterocycles. The lowest BCUT2D eigenvalue weighted by molar-refractivity contribution is -0.126. The molecule has 17 heavy (non-hydrogen) atoms. The minimum absolute atomic E-state index is 0.00763. The lowest BCUT2D eigenvalue weighted by Crippen LogP contribution is -2.36. The molecule has 0 rings (SSSR count). The van der Waals surface area contributed by atoms with E-state index in [-0.39, 0.29) is 19.3 Å². The highest BCUT2D eigenvalue weighted by Gasteiger charge is 2.26. The summed E-state index contributed by atoms with van der Waals surface area (Å²) in [6.07, 6.45) is -5.10. The van der Waals surface area contributed by atoms with Crippen molar-refractivity contribution in [1.82, 2.24) is 5.32 Å². The van der Waals surface area contributed by atoms with Crippen LogP contribution in [0, 0.1) is 0 Å². The molecule has 0 aromatic heterocycles. The summed E-state index contributed by atoms with van der Waals surface area (Å²) in [5.74, 6) is 0. The summed E-state index contributed by atoms with van der Waals surface area (Å²) in [4.78, 5) is 0. The SMILES string of the molecule is CC(C)OCCOCC(O)CNCC(F)(F)F. The van der Waals surface area contributed by atoms with Gasteiger partial charge in [0.15, 0.2) is 0 Å². The fraction of sp³-hybridized carbons (Fsp3) is 1.00. The van der Waals surface area contributed by atoms with Crippen LogP contribution >= 0.6 is 0 Å². The van der Waals surface area contributed by atoms with E-state index >= 15 is 0 Å². The molecule has 0 saturated carbocycles. The van der Waals surface area contributed by atoms with Crippen LogP contribution in [-0.4, -0.2) is 56.4 Å². The fourth-order valence-electron chi connectivity index (χ4n) is 1.00. The van der Waals surface area contributed by atoms with Gasteiger partial charge in [0.05, 0.1) is 38.6 Å². The maximum Gasteiger partial charge on any atom is 0.401 e. The quantitative estimate of drug-likeness (QED) is 0.605. The lowest BCUT2D eigenvalue weighted by Gasteiger charge is -2.14. The van der Waals surface area contributed by atoms with Gasteiger partial charge in [0.1, 0.15) is 0 Å². The van der Waals surface area contributed by atoms with Crippen LogP contribution in [0.4, 0.5) is 13.2 Å². The molecule has 1 unspecified atom stereocenters. The van der Waals surface area contributed by atoms with E-state index < -0.39 is 18.8 Å². The van der Waals surface area contributed by atoms with Gasteiger partial charge >= 0.3 is 6.18 Å². The Kier molecular flexibility index (Phi) is 8.49. The van der Waals surface area contributed by atoms with Crippen LogP contribution < -0.4 is 5.32 Å². The summed E-state index contributed by atoms with van der Waals surface area (Å²) in [6, 6.07) is 0. The minimum Gasteiger partial charge on any atom is -0.389 e. The molecule has 0 aliphatic carbocycles. The summed E-state index contributed by atoms with van der Waals surface area (Å²) in [6.45, 7) is 3.22. The van der Waals surface area contributed by atoms with Crippen molar-refractivity contribution < 1.29 is 27.8 Å². The fourth-order valence-corrected chi connectivity index (χ4v) is 1.00. The van der Waals surface area contributed by atoms with Crippen molar-refractivity contribution in [1.29, 1.82) is 0 Å². The second-order valence-electron chi connectivity index (χ2n) is 3.89. The van der Waals surface area contributed by atoms with Gasteiger partial charge in [0, 0.05) is 6.54 Å². The molecule has 0 amide bonds. The van der Waals surface area contributed by atoms with Gasteiger partial charge in [-0.1, -0.05) is 0 Å². The van der Waals surface area contributed by atoms with Gasteiger partial charge in [0.25, 0.3) is 0 Å². The molecule has 0 heterocycles. The number of alkyl halides is 3. The smallest absolute Gasteiger partial charge is 0.389 e. The Labute approximate surface area is 99.1 Å². The van der Waals surface area contributed by atoms with Crippen molar-refractivity contribution in [2.45, 2.75) is 32.2 Å². The van der Waals surface area contributed by atoms with Crippen LogP contribution in [0.2, 0.25) is 0 Å². The van der Waals surface area contributed by atoms with Crippen molar-refractivity contribution in [3.8, 4) is 0 Å². The summed E-state index contributed by atoms with van der Waals surface area (Å²) < 4.78 is 45.4. The average molecular weight is 259 g/mol. The Morgan fingerprint density at radius 1 is 1.24 bits per heavy atom. The molecular formula is C10H20F3NO3. The summed E-state index contributed by atoms with van der Waals surface area (Å²) in [7, 11) is 0. The molecule has 0 radical (unpaired) electrons. The van der Waals surface area contributed by atoms with Gasteiger partial charge in [-0.15, -0.1) is 0 Å². The first-order chi connectivity index (χ1) is 7.81. The molecule has 1 atom stereocenters. The molecule has 104 valence electrons. The van der Waals surface area contributed by atoms with E-state index in [1.807, 2.05) is 13.8 Å². The van der Waals surface area contributed by atoms with Gasteiger partial charge in [-0.2, -0.15) is 13.2 Å². The van der Waals surface area contributed by atoms with Gasteiger partial charge < -0.3 is 19.9 Å². The Hall–Kier alpha value is -0.370. The highest BCUT2D eigenvalue weighted by molar-refractivity contribution is 4.61. The van der Waals surface area contributed by atoms with E-state index in [1.54, 1.807) is 0 Å². The van der Waals surface area contributed by atoms with Crippen LogP contribution in [0.15, 0.2) is 0 Å². The molecule has 7 heteroatoms. The zero-order valence-electron chi connectivity index (χ0n) is 10.1. The molecule has 0 spiro atoms. The normalized spacial score (nSPS) is 14.3. The van der Waals surface area contributed by atoms with Crippen molar-refractivity contribution in [2.75, 3.05) is 32.9 Å². The number of ether oxygens (including phenoxy) is 2. The first-order valence-corrected chi connectivity index (χ1v) is 5.46. The van der Waals surface area contributed by atoms with Gasteiger partial charge in [-0.05, 0) is 13.8 Å². The van der Waals surface area contributed by atoms with Crippen LogP contribution in [0.5, 0.6) is 0 Å². The Morgan fingerprint density at radius 2 is 1.88 bits per heavy atom. The molecule has 0 aromatic rings. The number of halogens is 3. The number of aliphatic hydroxyl groups is 1. The van der Waals surface area contributed by atoms with E-state index in [9.17, 15) is 18.3 Å². The third-order valence-electron chi connectivity index (χ3n) is 1.69. The average Bonchev–Trinajstić information content (AvgIpc) is 2.14. The van der Waals surface area contributed by atoms with Crippen LogP contribution in [-0.2, 0) is 9.47 Å². The van der Waals surface area contributed by atoms with Crippen molar-refractivity contribution in [2.24, 2.45) is 0 Å². The molecule has 0 aliphatic rings. The number of nitrogens with one attached hydrogen (secondary N) is 1. The number of hydrogen-bond donors (Lipinski definition) is 2. The predicted octanol–water partition coefficient (Wildman–Crippen LogP) is 0.941. The largest absolute Gasteiger partial charge is 0.401 e. The molecule has 0 aliphatic heterocycles. The molecule has 0 bridgehead atoms. The number of rotatable bonds is 9. The second-order valence-corrected chi connectivity index (χ2v) is 3.89. The third kappa shape index (κ3) is 13.6. The second kappa shape index (κ2) is 8.68. The molecule has 4 nitrogen and oxygen atoms in total. The monoisotopic (exact) mass is 259 g/mol. The third-order valence-corrected chi connectivity index (χ3v) is 1.69. The Balaban J connectivity index is 3.32. The lowest BCUT2D eigenvalue weighted by atomic mass is 10.4. The molecule has 0 fully saturated rings. The van der Waals surface area contributed by atoms with E-state index in [1.165, 1.54) is 0 Å². The Morgan fingerprint density at radius 3 is 2.41 bits per heavy atom. The van der Waals surface area contributed by atoms with E-state index in [0.29, 0.717) is 13.2 Å². The van der Waals surface area contributed by atoms with Crippen LogP contribution in [0.1, 0.15) is 13.8 Å². The maximum atomic E-state index is 11.7. The summed E-state index contributed by atoms with van der Waals surface area (Å²) in [5.41, 5.74) is 0. The van der Waals surface area contributed by atoms with Gasteiger partial charge in [-0.25, -0.2) is 0 Å². The van der Waals surface area contributed by atoms with Crippen LogP contribution in [0.3, 0.4) is 0 Å². The maximum absolute atomic E-state index is 11.7. The first-order valence-electron chi connectivity index (χ1n) is 5.46. The molecule has 2 N–H and O–H groups in total. The zero-order valence-corrected chi connectivity index (χ0v) is 10.1. The number of aliphatic hydroxyl groups excluding tert-OH is 1. The Bertz CT molecular complexity index is 188. The van der Waals surface area contributed by atoms with Crippen molar-refractivity contribution in [3.05, 3.63) is 0 Å². The minimum atomic E-state index is -4.26. The molecule has 0 aromatic carbocycles. The highest BCUT2D eigenvalue weighted by atomic mass is 19.4. The van der Waals surface area contributed by atoms with Crippen LogP contribution in [0.25, 0.3) is 0 Å². The predicted molar refractivity (Wildman–Crippen MR) is 56.8 cm³/mol.